The molecule has 0 atom stereocenters. The van der Waals surface area contributed by atoms with Gasteiger partial charge in [0.15, 0.2) is 0 Å². The highest BCUT2D eigenvalue weighted by Gasteiger charge is 2.05. The molecule has 19 heavy (non-hydrogen) atoms. The third-order valence-corrected chi connectivity index (χ3v) is 3.08. The lowest BCUT2D eigenvalue weighted by Gasteiger charge is -2.07. The van der Waals surface area contributed by atoms with Gasteiger partial charge in [-0.1, -0.05) is 0 Å². The van der Waals surface area contributed by atoms with Crippen molar-refractivity contribution >= 4 is 12.4 Å². The van der Waals surface area contributed by atoms with Crippen molar-refractivity contribution in [3.63, 3.8) is 0 Å². The van der Waals surface area contributed by atoms with Gasteiger partial charge in [-0.15, -0.1) is 12.4 Å². The molecule has 0 fully saturated rings. The number of halogens is 1. The minimum atomic E-state index is 0. The van der Waals surface area contributed by atoms with E-state index in [0.717, 1.165) is 31.9 Å². The Morgan fingerprint density at radius 2 is 2.00 bits per heavy atom. The summed E-state index contributed by atoms with van der Waals surface area (Å²) in [5, 5.41) is 12.2. The Hall–Kier alpha value is -1.33. The maximum absolute atomic E-state index is 4.44. The summed E-state index contributed by atoms with van der Waals surface area (Å²) in [6.45, 7) is 9.76. The zero-order valence-corrected chi connectivity index (χ0v) is 12.6. The van der Waals surface area contributed by atoms with Crippen LogP contribution in [0.25, 0.3) is 0 Å². The van der Waals surface area contributed by atoms with E-state index < -0.39 is 0 Å². The fraction of sp³-hybridized carbons (Fsp3) is 0.538. The van der Waals surface area contributed by atoms with Crippen molar-refractivity contribution < 1.29 is 0 Å². The van der Waals surface area contributed by atoms with Crippen molar-refractivity contribution in [2.75, 3.05) is 0 Å². The Kier molecular flexibility index (Phi) is 6.05. The van der Waals surface area contributed by atoms with Crippen LogP contribution in [0.1, 0.15) is 30.8 Å². The van der Waals surface area contributed by atoms with Gasteiger partial charge in [0.1, 0.15) is 0 Å². The van der Waals surface area contributed by atoms with E-state index in [0.29, 0.717) is 0 Å². The average Bonchev–Trinajstić information content (AvgIpc) is 2.97. The maximum atomic E-state index is 4.44. The molecule has 0 unspecified atom stereocenters. The minimum Gasteiger partial charge on any atom is -0.305 e. The van der Waals surface area contributed by atoms with Crippen LogP contribution >= 0.6 is 12.4 Å². The summed E-state index contributed by atoms with van der Waals surface area (Å²) < 4.78 is 3.98. The van der Waals surface area contributed by atoms with E-state index in [-0.39, 0.29) is 12.4 Å². The summed E-state index contributed by atoms with van der Waals surface area (Å²) in [5.74, 6) is 0. The number of aryl methyl sites for hydroxylation is 3. The van der Waals surface area contributed by atoms with Gasteiger partial charge < -0.3 is 5.32 Å². The van der Waals surface area contributed by atoms with Crippen molar-refractivity contribution in [2.24, 2.45) is 0 Å². The van der Waals surface area contributed by atoms with Crippen molar-refractivity contribution in [2.45, 2.75) is 47.0 Å². The highest BCUT2D eigenvalue weighted by molar-refractivity contribution is 5.85. The predicted molar refractivity (Wildman–Crippen MR) is 78.3 cm³/mol. The second-order valence-electron chi connectivity index (χ2n) is 4.36. The fourth-order valence-electron chi connectivity index (χ4n) is 1.99. The lowest BCUT2D eigenvalue weighted by atomic mass is 10.2. The van der Waals surface area contributed by atoms with E-state index >= 15 is 0 Å². The van der Waals surface area contributed by atoms with E-state index in [2.05, 4.69) is 42.4 Å². The molecule has 0 radical (unpaired) electrons. The molecule has 0 bridgehead atoms. The van der Waals surface area contributed by atoms with Crippen LogP contribution < -0.4 is 5.32 Å². The van der Waals surface area contributed by atoms with Gasteiger partial charge >= 0.3 is 0 Å². The van der Waals surface area contributed by atoms with Gasteiger partial charge in [-0.2, -0.15) is 10.2 Å². The quantitative estimate of drug-likeness (QED) is 0.884. The molecule has 0 aromatic carbocycles. The molecule has 0 amide bonds. The number of rotatable bonds is 6. The first-order valence-electron chi connectivity index (χ1n) is 6.49. The Morgan fingerprint density at radius 3 is 2.63 bits per heavy atom. The van der Waals surface area contributed by atoms with Gasteiger partial charge in [0.05, 0.1) is 17.6 Å². The summed E-state index contributed by atoms with van der Waals surface area (Å²) >= 11 is 0. The van der Waals surface area contributed by atoms with Gasteiger partial charge in [-0.05, 0) is 32.4 Å². The molecule has 2 aromatic rings. The number of nitrogens with one attached hydrogen (secondary N) is 1. The first-order valence-corrected chi connectivity index (χ1v) is 6.49. The van der Waals surface area contributed by atoms with Crippen LogP contribution in [0.5, 0.6) is 0 Å². The molecule has 2 aromatic heterocycles. The molecule has 0 aliphatic carbocycles. The van der Waals surface area contributed by atoms with Gasteiger partial charge in [0.25, 0.3) is 0 Å². The maximum Gasteiger partial charge on any atom is 0.0762 e. The van der Waals surface area contributed by atoms with Gasteiger partial charge in [0, 0.05) is 32.4 Å². The summed E-state index contributed by atoms with van der Waals surface area (Å²) in [6.07, 6.45) is 3.94. The Labute approximate surface area is 120 Å². The van der Waals surface area contributed by atoms with Crippen molar-refractivity contribution in [1.29, 1.82) is 0 Å². The predicted octanol–water partition coefficient (Wildman–Crippen LogP) is 2.14. The highest BCUT2D eigenvalue weighted by Crippen LogP contribution is 2.07. The van der Waals surface area contributed by atoms with E-state index in [1.54, 1.807) is 0 Å². The van der Waals surface area contributed by atoms with E-state index in [1.807, 2.05) is 21.8 Å². The van der Waals surface area contributed by atoms with Crippen LogP contribution in [-0.4, -0.2) is 19.6 Å². The summed E-state index contributed by atoms with van der Waals surface area (Å²) in [7, 11) is 0. The van der Waals surface area contributed by atoms with Crippen molar-refractivity contribution in [3.05, 3.63) is 35.4 Å². The average molecular weight is 284 g/mol. The SMILES string of the molecule is CCn1ccc(CNCc2c(C)cnn2CC)n1.Cl. The largest absolute Gasteiger partial charge is 0.305 e. The summed E-state index contributed by atoms with van der Waals surface area (Å²) in [4.78, 5) is 0. The highest BCUT2D eigenvalue weighted by atomic mass is 35.5. The molecular weight excluding hydrogens is 262 g/mol. The van der Waals surface area contributed by atoms with Gasteiger partial charge in [-0.3, -0.25) is 9.36 Å². The molecule has 5 nitrogen and oxygen atoms in total. The number of aromatic nitrogens is 4. The lowest BCUT2D eigenvalue weighted by molar-refractivity contribution is 0.569. The lowest BCUT2D eigenvalue weighted by Crippen LogP contribution is -2.17. The van der Waals surface area contributed by atoms with Crippen LogP contribution in [0.4, 0.5) is 0 Å². The smallest absolute Gasteiger partial charge is 0.0762 e. The first-order chi connectivity index (χ1) is 8.74. The third kappa shape index (κ3) is 3.81. The standard InChI is InChI=1S/C13H21N5.ClH/c1-4-17-7-6-12(16-17)9-14-10-13-11(3)8-15-18(13)5-2;/h6-8,14H,4-5,9-10H2,1-3H3;1H. The monoisotopic (exact) mass is 283 g/mol. The zero-order valence-electron chi connectivity index (χ0n) is 11.8. The van der Waals surface area contributed by atoms with Crippen molar-refractivity contribution in [1.82, 2.24) is 24.9 Å². The minimum absolute atomic E-state index is 0. The Morgan fingerprint density at radius 1 is 1.21 bits per heavy atom. The second-order valence-corrected chi connectivity index (χ2v) is 4.36. The van der Waals surface area contributed by atoms with Crippen LogP contribution in [0.15, 0.2) is 18.5 Å². The topological polar surface area (TPSA) is 47.7 Å². The van der Waals surface area contributed by atoms with Crippen LogP contribution in [-0.2, 0) is 26.2 Å². The normalized spacial score (nSPS) is 10.5. The van der Waals surface area contributed by atoms with E-state index in [1.165, 1.54) is 11.3 Å². The van der Waals surface area contributed by atoms with Crippen LogP contribution in [0.2, 0.25) is 0 Å². The molecule has 0 saturated carbocycles. The molecule has 0 aliphatic heterocycles. The summed E-state index contributed by atoms with van der Waals surface area (Å²) in [6, 6.07) is 2.06. The Bertz CT molecular complexity index is 503. The third-order valence-electron chi connectivity index (χ3n) is 3.08. The van der Waals surface area contributed by atoms with E-state index in [9.17, 15) is 0 Å². The zero-order chi connectivity index (χ0) is 13.0. The molecule has 0 spiro atoms. The van der Waals surface area contributed by atoms with Crippen LogP contribution in [0.3, 0.4) is 0 Å². The van der Waals surface area contributed by atoms with Crippen LogP contribution in [0, 0.1) is 6.92 Å². The molecule has 0 saturated heterocycles. The second kappa shape index (κ2) is 7.31. The molecule has 1 N–H and O–H groups in total. The molecular formula is C13H22ClN5. The number of hydrogen-bond acceptors (Lipinski definition) is 3. The molecule has 6 heteroatoms. The fourth-order valence-corrected chi connectivity index (χ4v) is 1.99. The molecule has 0 aliphatic rings. The van der Waals surface area contributed by atoms with E-state index in [4.69, 9.17) is 0 Å². The molecule has 2 heterocycles. The Balaban J connectivity index is 0.00000180. The first kappa shape index (κ1) is 15.7. The van der Waals surface area contributed by atoms with Crippen molar-refractivity contribution in [3.8, 4) is 0 Å². The summed E-state index contributed by atoms with van der Waals surface area (Å²) in [5.41, 5.74) is 3.58. The molecule has 106 valence electrons. The van der Waals surface area contributed by atoms with Gasteiger partial charge in [0.2, 0.25) is 0 Å². The number of nitrogens with zero attached hydrogens (tertiary/aromatic N) is 4. The number of hydrogen-bond donors (Lipinski definition) is 1. The molecule has 2 rings (SSSR count). The van der Waals surface area contributed by atoms with Gasteiger partial charge in [-0.25, -0.2) is 0 Å².